The van der Waals surface area contributed by atoms with Crippen LogP contribution in [0, 0.1) is 94.7 Å². The maximum Gasteiger partial charge on any atom is 0.407 e. The molecule has 3 aliphatic heterocycles. The van der Waals surface area contributed by atoms with Crippen LogP contribution in [0.15, 0.2) is 143 Å². The average Bonchev–Trinajstić information content (AvgIpc) is 1.57. The topological polar surface area (TPSA) is 279 Å². The minimum Gasteiger partial charge on any atom is -0.444 e. The highest BCUT2D eigenvalue weighted by atomic mass is 16.7. The van der Waals surface area contributed by atoms with Gasteiger partial charge in [-0.05, 0) is 162 Å². The minimum atomic E-state index is -0.498. The molecule has 3 aromatic rings. The largest absolute Gasteiger partial charge is 0.444 e. The summed E-state index contributed by atoms with van der Waals surface area (Å²) in [6.45, 7) is 6.70. The van der Waals surface area contributed by atoms with Gasteiger partial charge < -0.3 is 29.4 Å². The molecular formula is C72H77N5O16. The van der Waals surface area contributed by atoms with Crippen molar-refractivity contribution in [3.8, 4) is 5.75 Å². The summed E-state index contributed by atoms with van der Waals surface area (Å²) in [6, 6.07) is 17.9. The summed E-state index contributed by atoms with van der Waals surface area (Å²) in [7, 11) is 0. The van der Waals surface area contributed by atoms with E-state index < -0.39 is 46.9 Å². The normalized spacial score (nSPS) is 31.5. The van der Waals surface area contributed by atoms with Gasteiger partial charge in [0, 0.05) is 67.4 Å². The highest BCUT2D eigenvalue weighted by Gasteiger charge is 2.59. The molecule has 10 aliphatic carbocycles. The van der Waals surface area contributed by atoms with Crippen molar-refractivity contribution in [2.75, 3.05) is 13.1 Å². The zero-order valence-electron chi connectivity index (χ0n) is 52.2. The average molecular weight is 1270 g/mol. The Labute approximate surface area is 537 Å². The molecule has 2 aromatic carbocycles. The van der Waals surface area contributed by atoms with E-state index in [0.29, 0.717) is 83.4 Å². The SMILES string of the molecule is CC(C)(C)OC(=O)NCCNC(=O)[C@H]1CC2C=CC1C2.O=C(ON1C(=O)CCC1=O)[C@H]1CC2C=CC1C2.O=C(Oc1ccc2ccc(=O)oc2c1)[C@H]1CC2C=CC1C2.O=C1C2C3C=CC(C3)C2C(=O)N1Cc1ccccc1.O=C1C=CC(=O)N1C(=O)[C@H]1CC2C=CC1C2. The molecule has 21 heteroatoms. The lowest BCUT2D eigenvalue weighted by molar-refractivity contribution is -0.201. The summed E-state index contributed by atoms with van der Waals surface area (Å²) in [6.07, 6.45) is 32.0. The first kappa shape index (κ1) is 64.0. The molecule has 486 valence electrons. The van der Waals surface area contributed by atoms with Crippen LogP contribution in [-0.2, 0) is 64.1 Å². The van der Waals surface area contributed by atoms with Gasteiger partial charge >= 0.3 is 23.7 Å². The number of carbonyl (C=O) groups is 11. The molecule has 7 fully saturated rings. The number of benzene rings is 2. The molecule has 2 N–H and O–H groups in total. The van der Waals surface area contributed by atoms with Crippen LogP contribution in [-0.4, -0.2) is 98.8 Å². The highest BCUT2D eigenvalue weighted by Crippen LogP contribution is 2.53. The first-order chi connectivity index (χ1) is 44.6. The van der Waals surface area contributed by atoms with E-state index in [0.717, 1.165) is 85.8 Å². The first-order valence-corrected chi connectivity index (χ1v) is 32.6. The Hall–Kier alpha value is -9.14. The van der Waals surface area contributed by atoms with Crippen molar-refractivity contribution >= 4 is 76.3 Å². The number of ether oxygens (including phenoxy) is 2. The number of likely N-dealkylation sites (tertiary alicyclic amines) is 1. The number of hydrogen-bond donors (Lipinski definition) is 2. The Balaban J connectivity index is 0.000000112. The molecule has 21 nitrogen and oxygen atoms in total. The molecule has 2 saturated heterocycles. The van der Waals surface area contributed by atoms with Crippen LogP contribution in [0.5, 0.6) is 5.75 Å². The minimum absolute atomic E-state index is 0.0377. The number of nitrogens with zero attached hydrogens (tertiary/aromatic N) is 3. The quantitative estimate of drug-likeness (QED) is 0.0457. The van der Waals surface area contributed by atoms with Gasteiger partial charge in [0.1, 0.15) is 16.9 Å². The van der Waals surface area contributed by atoms with E-state index in [1.54, 1.807) is 24.3 Å². The molecule has 0 radical (unpaired) electrons. The van der Waals surface area contributed by atoms with Gasteiger partial charge in [0.25, 0.3) is 23.6 Å². The lowest BCUT2D eigenvalue weighted by atomic mass is 9.85. The molecule has 93 heavy (non-hydrogen) atoms. The van der Waals surface area contributed by atoms with Gasteiger partial charge in [-0.25, -0.2) is 19.3 Å². The summed E-state index contributed by atoms with van der Waals surface area (Å²) in [5.74, 6) is 1.20. The zero-order valence-corrected chi connectivity index (χ0v) is 52.2. The van der Waals surface area contributed by atoms with Gasteiger partial charge in [-0.1, -0.05) is 91.1 Å². The van der Waals surface area contributed by atoms with Crippen LogP contribution in [0.3, 0.4) is 0 Å². The first-order valence-electron chi connectivity index (χ1n) is 32.6. The Morgan fingerprint density at radius 1 is 0.538 bits per heavy atom. The van der Waals surface area contributed by atoms with Crippen LogP contribution < -0.4 is 21.0 Å². The van der Waals surface area contributed by atoms with Gasteiger partial charge in [-0.3, -0.25) is 48.1 Å². The molecule has 13 aliphatic rings. The molecule has 5 saturated carbocycles. The Morgan fingerprint density at radius 2 is 1.03 bits per heavy atom. The molecule has 0 spiro atoms. The fourth-order valence-electron chi connectivity index (χ4n) is 15.8. The Morgan fingerprint density at radius 3 is 1.55 bits per heavy atom. The summed E-state index contributed by atoms with van der Waals surface area (Å²) < 4.78 is 15.7. The molecule has 16 rings (SSSR count). The molecule has 1 aromatic heterocycles. The van der Waals surface area contributed by atoms with Gasteiger partial charge in [-0.15, -0.1) is 5.06 Å². The number of hydroxylamine groups is 2. The number of allylic oxidation sites excluding steroid dienone is 10. The summed E-state index contributed by atoms with van der Waals surface area (Å²) in [4.78, 5) is 148. The van der Waals surface area contributed by atoms with E-state index in [9.17, 15) is 57.5 Å². The summed E-state index contributed by atoms with van der Waals surface area (Å²) in [5.41, 5.74) is 0.539. The zero-order chi connectivity index (χ0) is 65.4. The second kappa shape index (κ2) is 26.8. The van der Waals surface area contributed by atoms with Crippen molar-refractivity contribution in [1.29, 1.82) is 0 Å². The third-order valence-electron chi connectivity index (χ3n) is 20.2. The number of esters is 1. The number of hydrogen-bond acceptors (Lipinski definition) is 16. The van der Waals surface area contributed by atoms with Crippen molar-refractivity contribution in [2.24, 2.45) is 94.7 Å². The lowest BCUT2D eigenvalue weighted by Crippen LogP contribution is -2.41. The number of amides is 9. The van der Waals surface area contributed by atoms with Crippen molar-refractivity contribution < 1.29 is 71.5 Å². The molecule has 16 atom stereocenters. The van der Waals surface area contributed by atoms with E-state index >= 15 is 0 Å². The van der Waals surface area contributed by atoms with E-state index in [1.165, 1.54) is 11.0 Å². The number of fused-ring (bicyclic) bond motifs is 14. The fraction of sp³-hybridized carbons (Fsp3) is 0.472. The number of alkyl carbamates (subject to hydrolysis) is 1. The fourth-order valence-corrected chi connectivity index (χ4v) is 15.8. The van der Waals surface area contributed by atoms with Crippen molar-refractivity contribution in [2.45, 2.75) is 104 Å². The highest BCUT2D eigenvalue weighted by molar-refractivity contribution is 6.23. The van der Waals surface area contributed by atoms with Crippen LogP contribution in [0.1, 0.15) is 97.0 Å². The summed E-state index contributed by atoms with van der Waals surface area (Å²) in [5, 5.41) is 6.95. The molecule has 4 heterocycles. The van der Waals surface area contributed by atoms with Crippen LogP contribution in [0.25, 0.3) is 11.0 Å². The van der Waals surface area contributed by atoms with Gasteiger partial charge in [0.05, 0.1) is 30.2 Å². The predicted octanol–water partition coefficient (Wildman–Crippen LogP) is 8.20. The van der Waals surface area contributed by atoms with Crippen molar-refractivity contribution in [3.63, 3.8) is 0 Å². The van der Waals surface area contributed by atoms with Gasteiger partial charge in [0.15, 0.2) is 0 Å². The second-order valence-electron chi connectivity index (χ2n) is 27.6. The maximum atomic E-state index is 12.5. The number of carbonyl (C=O) groups excluding carboxylic acids is 11. The van der Waals surface area contributed by atoms with Gasteiger partial charge in [0.2, 0.25) is 23.6 Å². The van der Waals surface area contributed by atoms with Gasteiger partial charge in [-0.2, -0.15) is 0 Å². The monoisotopic (exact) mass is 1270 g/mol. The third-order valence-corrected chi connectivity index (χ3v) is 20.2. The van der Waals surface area contributed by atoms with Crippen LogP contribution in [0.4, 0.5) is 4.79 Å². The van der Waals surface area contributed by atoms with E-state index in [1.807, 2.05) is 63.3 Å². The maximum absolute atomic E-state index is 12.5. The Kier molecular flexibility index (Phi) is 18.5. The van der Waals surface area contributed by atoms with Crippen LogP contribution >= 0.6 is 0 Å². The molecule has 10 bridgehead atoms. The standard InChI is InChI=1S/C17H14O4.C16H15NO2.C15H24N2O3.C12H13NO4.C12H11NO3/c18-16-6-4-11-3-5-13(9-15(11)21-16)20-17(19)14-8-10-1-2-12(14)7-10;18-15-13-11-6-7-12(8-11)14(13)16(19)17(15)9-10-4-2-1-3-5-10;1-15(2,3)20-14(19)17-7-6-16-13(18)12-9-10-4-5-11(12)8-10;14-10-3-4-11(15)13(10)17-12(16)9-6-7-1-2-8(9)5-7;14-10-3-4-11(15)13(10)12(16)9-6-7-1-2-8(9)5-7/h1-6,9-10,12,14H,7-8H2;1-7,11-14H,8-9H2;4-5,10-12H,6-9H2,1-3H3,(H,16,18)(H,17,19);1-2,7-9H,3-6H2;1-4,7-9H,5-6H2/t10?,12?,14-;;10?,11?,12-;2*7?,8?,9-/m0.000/s1. The smallest absolute Gasteiger partial charge is 0.407 e. The van der Waals surface area contributed by atoms with Crippen molar-refractivity contribution in [1.82, 2.24) is 25.5 Å². The van der Waals surface area contributed by atoms with E-state index in [4.69, 9.17) is 18.7 Å². The molecule has 12 unspecified atom stereocenters. The van der Waals surface area contributed by atoms with Crippen molar-refractivity contribution in [3.05, 3.63) is 150 Å². The van der Waals surface area contributed by atoms with E-state index in [-0.39, 0.29) is 89.8 Å². The number of rotatable bonds is 11. The molecular weight excluding hydrogens is 1190 g/mol. The summed E-state index contributed by atoms with van der Waals surface area (Å²) >= 11 is 0. The number of imide groups is 5. The predicted molar refractivity (Wildman–Crippen MR) is 334 cm³/mol. The lowest BCUT2D eigenvalue weighted by Gasteiger charge is -2.21. The third kappa shape index (κ3) is 14.1. The molecule has 9 amide bonds. The number of nitrogens with one attached hydrogen (secondary N) is 2. The van der Waals surface area contributed by atoms with Crippen LogP contribution in [0.2, 0.25) is 0 Å². The second-order valence-corrected chi connectivity index (χ2v) is 27.6. The Bertz CT molecular complexity index is 3720. The van der Waals surface area contributed by atoms with E-state index in [2.05, 4.69) is 59.2 Å².